The molecule has 1 heterocycles. The van der Waals surface area contributed by atoms with E-state index in [-0.39, 0.29) is 24.3 Å². The summed E-state index contributed by atoms with van der Waals surface area (Å²) >= 11 is 7.14. The molecule has 0 saturated carbocycles. The number of rotatable bonds is 6. The molecule has 2 N–H and O–H groups in total. The van der Waals surface area contributed by atoms with Crippen molar-refractivity contribution in [3.63, 3.8) is 0 Å². The molecule has 1 aromatic carbocycles. The fourth-order valence-electron chi connectivity index (χ4n) is 1.94. The molecular weight excluding hydrogens is 334 g/mol. The minimum atomic E-state index is -0.414. The highest BCUT2D eigenvalue weighted by Crippen LogP contribution is 2.23. The van der Waals surface area contributed by atoms with Crippen molar-refractivity contribution in [3.8, 4) is 0 Å². The molecule has 0 aliphatic carbocycles. The fourth-order valence-corrected chi connectivity index (χ4v) is 3.13. The lowest BCUT2D eigenvalue weighted by atomic mass is 10.2. The van der Waals surface area contributed by atoms with Gasteiger partial charge in [0.2, 0.25) is 11.8 Å². The molecule has 124 valence electrons. The number of amides is 2. The van der Waals surface area contributed by atoms with Gasteiger partial charge in [0.15, 0.2) is 5.17 Å². The highest BCUT2D eigenvalue weighted by atomic mass is 35.5. The topological polar surface area (TPSA) is 70.6 Å². The van der Waals surface area contributed by atoms with E-state index in [2.05, 4.69) is 15.6 Å². The van der Waals surface area contributed by atoms with E-state index in [9.17, 15) is 9.59 Å². The van der Waals surface area contributed by atoms with Crippen molar-refractivity contribution in [1.29, 1.82) is 0 Å². The minimum absolute atomic E-state index is 0.142. The average molecular weight is 354 g/mol. The van der Waals surface area contributed by atoms with Crippen molar-refractivity contribution < 1.29 is 9.59 Å². The number of nitrogens with one attached hydrogen (secondary N) is 2. The van der Waals surface area contributed by atoms with E-state index in [1.54, 1.807) is 12.1 Å². The third-order valence-electron chi connectivity index (χ3n) is 3.48. The van der Waals surface area contributed by atoms with E-state index >= 15 is 0 Å². The molecule has 7 heteroatoms. The van der Waals surface area contributed by atoms with Gasteiger partial charge in [-0.2, -0.15) is 0 Å². The largest absolute Gasteiger partial charge is 0.352 e. The summed E-state index contributed by atoms with van der Waals surface area (Å²) in [4.78, 5) is 28.3. The van der Waals surface area contributed by atoms with Gasteiger partial charge in [-0.1, -0.05) is 42.4 Å². The van der Waals surface area contributed by atoms with E-state index in [1.807, 2.05) is 26.0 Å². The number of hydrogen-bond acceptors (Lipinski definition) is 4. The Labute approximate surface area is 145 Å². The van der Waals surface area contributed by atoms with E-state index < -0.39 is 5.25 Å². The molecule has 1 aromatic rings. The number of carbonyl (C=O) groups is 2. The number of thioether (sulfide) groups is 1. The van der Waals surface area contributed by atoms with E-state index in [1.165, 1.54) is 11.8 Å². The lowest BCUT2D eigenvalue weighted by molar-refractivity contribution is -0.125. The Morgan fingerprint density at radius 3 is 2.78 bits per heavy atom. The van der Waals surface area contributed by atoms with Gasteiger partial charge in [0, 0.05) is 24.0 Å². The van der Waals surface area contributed by atoms with Crippen LogP contribution in [-0.4, -0.2) is 28.3 Å². The molecule has 0 radical (unpaired) electrons. The molecule has 1 aliphatic heterocycles. The second-order valence-electron chi connectivity index (χ2n) is 5.39. The zero-order valence-electron chi connectivity index (χ0n) is 13.1. The standard InChI is InChI=1S/C16H20ClN3O2S/c1-3-10(2)19-16-20-15(22)13(23-16)8-14(21)18-9-11-4-6-12(17)7-5-11/h4-7,10,13H,3,8-9H2,1-2H3,(H,18,21)(H,19,20,22). The number of amidine groups is 1. The molecule has 1 aliphatic rings. The van der Waals surface area contributed by atoms with Crippen molar-refractivity contribution >= 4 is 40.3 Å². The Kier molecular flexibility index (Phi) is 6.47. The molecule has 0 aromatic heterocycles. The number of aliphatic imine (C=N–C) groups is 1. The lowest BCUT2D eigenvalue weighted by Gasteiger charge is -2.07. The number of nitrogens with zero attached hydrogens (tertiary/aromatic N) is 1. The predicted molar refractivity (Wildman–Crippen MR) is 94.6 cm³/mol. The highest BCUT2D eigenvalue weighted by molar-refractivity contribution is 8.15. The minimum Gasteiger partial charge on any atom is -0.352 e. The summed E-state index contributed by atoms with van der Waals surface area (Å²) in [5.74, 6) is -0.309. The van der Waals surface area contributed by atoms with Gasteiger partial charge >= 0.3 is 0 Å². The third-order valence-corrected chi connectivity index (χ3v) is 4.83. The SMILES string of the molecule is CCC(C)N=C1NC(=O)C(CC(=O)NCc2ccc(Cl)cc2)S1. The summed E-state index contributed by atoms with van der Waals surface area (Å²) in [6.45, 7) is 4.45. The van der Waals surface area contributed by atoms with E-state index in [0.29, 0.717) is 16.7 Å². The zero-order valence-corrected chi connectivity index (χ0v) is 14.7. The molecule has 2 unspecified atom stereocenters. The van der Waals surface area contributed by atoms with Crippen LogP contribution in [0, 0.1) is 0 Å². The Bertz CT molecular complexity index is 604. The van der Waals surface area contributed by atoms with Gasteiger partial charge in [-0.05, 0) is 31.0 Å². The molecule has 2 rings (SSSR count). The molecule has 2 atom stereocenters. The van der Waals surface area contributed by atoms with Crippen LogP contribution >= 0.6 is 23.4 Å². The van der Waals surface area contributed by atoms with Gasteiger partial charge in [-0.25, -0.2) is 0 Å². The summed E-state index contributed by atoms with van der Waals surface area (Å²) in [6, 6.07) is 7.44. The average Bonchev–Trinajstić information content (AvgIpc) is 2.86. The first-order valence-electron chi connectivity index (χ1n) is 7.54. The Balaban J connectivity index is 1.82. The number of carbonyl (C=O) groups excluding carboxylic acids is 2. The van der Waals surface area contributed by atoms with Crippen LogP contribution in [0.5, 0.6) is 0 Å². The number of benzene rings is 1. The van der Waals surface area contributed by atoms with Crippen molar-refractivity contribution in [2.24, 2.45) is 4.99 Å². The van der Waals surface area contributed by atoms with Crippen molar-refractivity contribution in [2.75, 3.05) is 0 Å². The second kappa shape index (κ2) is 8.36. The molecule has 1 saturated heterocycles. The third kappa shape index (κ3) is 5.55. The highest BCUT2D eigenvalue weighted by Gasteiger charge is 2.32. The maximum atomic E-state index is 12.0. The molecule has 1 fully saturated rings. The summed E-state index contributed by atoms with van der Waals surface area (Å²) < 4.78 is 0. The van der Waals surface area contributed by atoms with Gasteiger partial charge in [0.1, 0.15) is 5.25 Å². The van der Waals surface area contributed by atoms with Gasteiger partial charge in [0.05, 0.1) is 0 Å². The molecule has 0 bridgehead atoms. The first-order chi connectivity index (χ1) is 11.0. The monoisotopic (exact) mass is 353 g/mol. The maximum absolute atomic E-state index is 12.0. The maximum Gasteiger partial charge on any atom is 0.240 e. The van der Waals surface area contributed by atoms with Crippen LogP contribution in [0.2, 0.25) is 5.02 Å². The van der Waals surface area contributed by atoms with E-state index in [4.69, 9.17) is 11.6 Å². The number of halogens is 1. The van der Waals surface area contributed by atoms with Crippen molar-refractivity contribution in [3.05, 3.63) is 34.9 Å². The smallest absolute Gasteiger partial charge is 0.240 e. The Hall–Kier alpha value is -1.53. The van der Waals surface area contributed by atoms with Crippen LogP contribution < -0.4 is 10.6 Å². The Morgan fingerprint density at radius 2 is 2.13 bits per heavy atom. The fraction of sp³-hybridized carbons (Fsp3) is 0.438. The molecule has 2 amide bonds. The first-order valence-corrected chi connectivity index (χ1v) is 8.80. The normalized spacial score (nSPS) is 20.4. The molecule has 0 spiro atoms. The quantitative estimate of drug-likeness (QED) is 0.826. The second-order valence-corrected chi connectivity index (χ2v) is 7.02. The van der Waals surface area contributed by atoms with Crippen molar-refractivity contribution in [1.82, 2.24) is 10.6 Å². The van der Waals surface area contributed by atoms with Gasteiger partial charge in [-0.15, -0.1) is 0 Å². The van der Waals surface area contributed by atoms with Crippen molar-refractivity contribution in [2.45, 2.75) is 44.5 Å². The summed E-state index contributed by atoms with van der Waals surface area (Å²) in [7, 11) is 0. The van der Waals surface area contributed by atoms with Gasteiger partial charge in [-0.3, -0.25) is 14.6 Å². The zero-order chi connectivity index (χ0) is 16.8. The van der Waals surface area contributed by atoms with Gasteiger partial charge in [0.25, 0.3) is 0 Å². The summed E-state index contributed by atoms with van der Waals surface area (Å²) in [6.07, 6.45) is 1.05. The van der Waals surface area contributed by atoms with Crippen LogP contribution in [-0.2, 0) is 16.1 Å². The molecule has 23 heavy (non-hydrogen) atoms. The summed E-state index contributed by atoms with van der Waals surface area (Å²) in [5, 5.41) is 6.41. The van der Waals surface area contributed by atoms with E-state index in [0.717, 1.165) is 12.0 Å². The Morgan fingerprint density at radius 1 is 1.43 bits per heavy atom. The van der Waals surface area contributed by atoms with Crippen LogP contribution in [0.3, 0.4) is 0 Å². The summed E-state index contributed by atoms with van der Waals surface area (Å²) in [5.41, 5.74) is 0.963. The lowest BCUT2D eigenvalue weighted by Crippen LogP contribution is -2.31. The first kappa shape index (κ1) is 17.8. The predicted octanol–water partition coefficient (Wildman–Crippen LogP) is 2.73. The van der Waals surface area contributed by atoms with Crippen LogP contribution in [0.1, 0.15) is 32.3 Å². The molecule has 5 nitrogen and oxygen atoms in total. The number of hydrogen-bond donors (Lipinski definition) is 2. The van der Waals surface area contributed by atoms with Crippen LogP contribution in [0.4, 0.5) is 0 Å². The van der Waals surface area contributed by atoms with Gasteiger partial charge < -0.3 is 10.6 Å². The molecular formula is C16H20ClN3O2S. The van der Waals surface area contributed by atoms with Crippen LogP contribution in [0.15, 0.2) is 29.3 Å². The van der Waals surface area contributed by atoms with Crippen LogP contribution in [0.25, 0.3) is 0 Å².